The number of aliphatic carboxylic acids is 1. The standard InChI is InChI=1S/C8H13N3O3S/c1-11(2)3-6-9-7(14-10-6)4-15-5-8(12)13/h3-5H2,1-2H3,(H,12,13). The number of hydrogen-bond acceptors (Lipinski definition) is 6. The van der Waals surface area contributed by atoms with Crippen molar-refractivity contribution < 1.29 is 14.4 Å². The largest absolute Gasteiger partial charge is 0.481 e. The summed E-state index contributed by atoms with van der Waals surface area (Å²) in [7, 11) is 3.82. The Morgan fingerprint density at radius 3 is 2.93 bits per heavy atom. The summed E-state index contributed by atoms with van der Waals surface area (Å²) in [5.41, 5.74) is 0. The molecule has 15 heavy (non-hydrogen) atoms. The molecule has 0 amide bonds. The predicted octanol–water partition coefficient (Wildman–Crippen LogP) is 0.449. The average Bonchev–Trinajstić information content (AvgIpc) is 2.50. The molecule has 1 rings (SSSR count). The molecule has 0 aromatic carbocycles. The van der Waals surface area contributed by atoms with Crippen LogP contribution in [0.25, 0.3) is 0 Å². The zero-order valence-electron chi connectivity index (χ0n) is 8.63. The lowest BCUT2D eigenvalue weighted by Crippen LogP contribution is -2.11. The van der Waals surface area contributed by atoms with Gasteiger partial charge >= 0.3 is 5.97 Å². The van der Waals surface area contributed by atoms with Crippen LogP contribution in [0.5, 0.6) is 0 Å². The van der Waals surface area contributed by atoms with Gasteiger partial charge in [-0.3, -0.25) is 4.79 Å². The van der Waals surface area contributed by atoms with E-state index in [1.807, 2.05) is 19.0 Å². The molecule has 0 aliphatic carbocycles. The van der Waals surface area contributed by atoms with E-state index in [9.17, 15) is 4.79 Å². The summed E-state index contributed by atoms with van der Waals surface area (Å²) < 4.78 is 4.95. The molecule has 0 aliphatic heterocycles. The van der Waals surface area contributed by atoms with Gasteiger partial charge in [-0.2, -0.15) is 4.98 Å². The van der Waals surface area contributed by atoms with Crippen LogP contribution in [0.3, 0.4) is 0 Å². The highest BCUT2D eigenvalue weighted by Crippen LogP contribution is 2.10. The molecule has 1 aromatic rings. The Balaban J connectivity index is 2.36. The molecule has 6 nitrogen and oxygen atoms in total. The minimum atomic E-state index is -0.840. The molecule has 0 aliphatic rings. The Morgan fingerprint density at radius 2 is 2.33 bits per heavy atom. The van der Waals surface area contributed by atoms with Crippen LogP contribution in [0.4, 0.5) is 0 Å². The Kier molecular flexibility index (Phi) is 4.57. The van der Waals surface area contributed by atoms with E-state index in [1.54, 1.807) is 0 Å². The number of carboxylic acids is 1. The molecule has 0 saturated heterocycles. The lowest BCUT2D eigenvalue weighted by molar-refractivity contribution is -0.133. The summed E-state index contributed by atoms with van der Waals surface area (Å²) in [5, 5.41) is 12.2. The fourth-order valence-electron chi connectivity index (χ4n) is 0.921. The van der Waals surface area contributed by atoms with E-state index in [4.69, 9.17) is 9.63 Å². The Labute approximate surface area is 91.6 Å². The maximum atomic E-state index is 10.2. The SMILES string of the molecule is CN(C)Cc1noc(CSCC(=O)O)n1. The Bertz CT molecular complexity index is 327. The third-order valence-corrected chi connectivity index (χ3v) is 2.32. The average molecular weight is 231 g/mol. The number of thioether (sulfide) groups is 1. The number of hydrogen-bond donors (Lipinski definition) is 1. The highest BCUT2D eigenvalue weighted by Gasteiger charge is 2.07. The van der Waals surface area contributed by atoms with Crippen molar-refractivity contribution in [1.82, 2.24) is 15.0 Å². The van der Waals surface area contributed by atoms with Gasteiger partial charge in [-0.15, -0.1) is 11.8 Å². The van der Waals surface area contributed by atoms with Gasteiger partial charge in [0.1, 0.15) is 0 Å². The van der Waals surface area contributed by atoms with Gasteiger partial charge in [0.2, 0.25) is 5.89 Å². The molecule has 0 spiro atoms. The van der Waals surface area contributed by atoms with Crippen LogP contribution in [-0.2, 0) is 17.1 Å². The number of carbonyl (C=O) groups is 1. The van der Waals surface area contributed by atoms with Crippen LogP contribution in [0.15, 0.2) is 4.52 Å². The molecule has 0 unspecified atom stereocenters. The van der Waals surface area contributed by atoms with Crippen LogP contribution in [0.1, 0.15) is 11.7 Å². The van der Waals surface area contributed by atoms with Gasteiger partial charge in [-0.1, -0.05) is 5.16 Å². The monoisotopic (exact) mass is 231 g/mol. The van der Waals surface area contributed by atoms with Gasteiger partial charge in [0.25, 0.3) is 0 Å². The number of carboxylic acid groups (broad SMARTS) is 1. The van der Waals surface area contributed by atoms with Crippen molar-refractivity contribution in [1.29, 1.82) is 0 Å². The third kappa shape index (κ3) is 4.80. The molecular formula is C8H13N3O3S. The highest BCUT2D eigenvalue weighted by molar-refractivity contribution is 7.99. The number of rotatable bonds is 6. The summed E-state index contributed by atoms with van der Waals surface area (Å²) >= 11 is 1.24. The van der Waals surface area contributed by atoms with Crippen molar-refractivity contribution in [2.45, 2.75) is 12.3 Å². The summed E-state index contributed by atoms with van der Waals surface area (Å²) in [6.45, 7) is 0.618. The second-order valence-corrected chi connectivity index (χ2v) is 4.21. The van der Waals surface area contributed by atoms with Crippen LogP contribution >= 0.6 is 11.8 Å². The molecule has 7 heteroatoms. The first-order chi connectivity index (χ1) is 7.08. The molecule has 0 saturated carbocycles. The third-order valence-electron chi connectivity index (χ3n) is 1.42. The van der Waals surface area contributed by atoms with Gasteiger partial charge in [0.15, 0.2) is 5.82 Å². The quantitative estimate of drug-likeness (QED) is 0.761. The second kappa shape index (κ2) is 5.72. The van der Waals surface area contributed by atoms with Crippen LogP contribution in [0, 0.1) is 0 Å². The van der Waals surface area contributed by atoms with Gasteiger partial charge < -0.3 is 14.5 Å². The summed E-state index contributed by atoms with van der Waals surface area (Å²) in [4.78, 5) is 16.3. The lowest BCUT2D eigenvalue weighted by atomic mass is 10.5. The molecule has 1 heterocycles. The molecule has 0 bridgehead atoms. The summed E-state index contributed by atoms with van der Waals surface area (Å²) in [6, 6.07) is 0. The highest BCUT2D eigenvalue weighted by atomic mass is 32.2. The molecule has 1 N–H and O–H groups in total. The van der Waals surface area contributed by atoms with Crippen molar-refractivity contribution in [3.63, 3.8) is 0 Å². The second-order valence-electron chi connectivity index (χ2n) is 3.23. The van der Waals surface area contributed by atoms with E-state index >= 15 is 0 Å². The number of nitrogens with zero attached hydrogens (tertiary/aromatic N) is 3. The zero-order chi connectivity index (χ0) is 11.3. The maximum absolute atomic E-state index is 10.2. The fourth-order valence-corrected chi connectivity index (χ4v) is 1.49. The van der Waals surface area contributed by atoms with Crippen molar-refractivity contribution in [2.24, 2.45) is 0 Å². The maximum Gasteiger partial charge on any atom is 0.313 e. The van der Waals surface area contributed by atoms with E-state index in [1.165, 1.54) is 11.8 Å². The number of aromatic nitrogens is 2. The first kappa shape index (κ1) is 12.0. The van der Waals surface area contributed by atoms with Crippen LogP contribution in [-0.4, -0.2) is 46.0 Å². The van der Waals surface area contributed by atoms with Crippen LogP contribution in [0.2, 0.25) is 0 Å². The molecule has 0 atom stereocenters. The van der Waals surface area contributed by atoms with E-state index < -0.39 is 5.97 Å². The molecule has 84 valence electrons. The van der Waals surface area contributed by atoms with Crippen molar-refractivity contribution >= 4 is 17.7 Å². The van der Waals surface area contributed by atoms with Crippen molar-refractivity contribution in [3.05, 3.63) is 11.7 Å². The summed E-state index contributed by atoms with van der Waals surface area (Å²) in [6.07, 6.45) is 0. The van der Waals surface area contributed by atoms with E-state index in [0.29, 0.717) is 24.0 Å². The van der Waals surface area contributed by atoms with E-state index in [0.717, 1.165) is 0 Å². The summed E-state index contributed by atoms with van der Waals surface area (Å²) in [5.74, 6) is 0.732. The predicted molar refractivity (Wildman–Crippen MR) is 55.5 cm³/mol. The normalized spacial score (nSPS) is 10.9. The smallest absolute Gasteiger partial charge is 0.313 e. The zero-order valence-corrected chi connectivity index (χ0v) is 9.45. The molecular weight excluding hydrogens is 218 g/mol. The van der Waals surface area contributed by atoms with Crippen molar-refractivity contribution in [2.75, 3.05) is 19.8 Å². The van der Waals surface area contributed by atoms with E-state index in [2.05, 4.69) is 10.1 Å². The van der Waals surface area contributed by atoms with Crippen LogP contribution < -0.4 is 0 Å². The minimum absolute atomic E-state index is 0.0470. The van der Waals surface area contributed by atoms with Gasteiger partial charge in [-0.05, 0) is 14.1 Å². The first-order valence-corrected chi connectivity index (χ1v) is 5.49. The first-order valence-electron chi connectivity index (χ1n) is 4.33. The minimum Gasteiger partial charge on any atom is -0.481 e. The molecule has 1 aromatic heterocycles. The Hall–Kier alpha value is -1.08. The van der Waals surface area contributed by atoms with Gasteiger partial charge in [-0.25, -0.2) is 0 Å². The fraction of sp³-hybridized carbons (Fsp3) is 0.625. The topological polar surface area (TPSA) is 79.5 Å². The van der Waals surface area contributed by atoms with E-state index in [-0.39, 0.29) is 5.75 Å². The lowest BCUT2D eigenvalue weighted by Gasteiger charge is -2.03. The van der Waals surface area contributed by atoms with Gasteiger partial charge in [0.05, 0.1) is 18.1 Å². The Morgan fingerprint density at radius 1 is 1.60 bits per heavy atom. The van der Waals surface area contributed by atoms with Gasteiger partial charge in [0, 0.05) is 0 Å². The molecule has 0 fully saturated rings. The molecule has 0 radical (unpaired) electrons. The van der Waals surface area contributed by atoms with Crippen molar-refractivity contribution in [3.8, 4) is 0 Å².